The predicted molar refractivity (Wildman–Crippen MR) is 100 cm³/mol. The lowest BCUT2D eigenvalue weighted by Gasteiger charge is -2.16. The summed E-state index contributed by atoms with van der Waals surface area (Å²) in [5, 5.41) is 24.0. The molecule has 138 valence electrons. The number of hydrogen-bond donors (Lipinski definition) is 1. The number of para-hydroxylation sites is 1. The molecule has 0 amide bonds. The largest absolute Gasteiger partial charge is 0.480 e. The van der Waals surface area contributed by atoms with Crippen molar-refractivity contribution in [2.75, 3.05) is 0 Å². The molecule has 0 spiro atoms. The molecule has 0 aliphatic rings. The van der Waals surface area contributed by atoms with Gasteiger partial charge in [-0.2, -0.15) is 10.4 Å². The van der Waals surface area contributed by atoms with Crippen LogP contribution in [0.4, 0.5) is 4.39 Å². The maximum atomic E-state index is 14.6. The summed E-state index contributed by atoms with van der Waals surface area (Å²) < 4.78 is 16.0. The Morgan fingerprint density at radius 2 is 2.11 bits per heavy atom. The zero-order valence-corrected chi connectivity index (χ0v) is 15.3. The number of carbonyl (C=O) groups is 1. The Hall–Kier alpha value is -2.91. The zero-order chi connectivity index (χ0) is 19.6. The SMILES string of the molecule is CC(C(=O)O)n1nc(C(CCC#N)c2ccc(Cl)cc2F)c2ccccc21. The lowest BCUT2D eigenvalue weighted by atomic mass is 9.89. The van der Waals surface area contributed by atoms with Gasteiger partial charge >= 0.3 is 5.97 Å². The Bertz CT molecular complexity index is 1040. The van der Waals surface area contributed by atoms with E-state index in [1.165, 1.54) is 10.7 Å². The second kappa shape index (κ2) is 7.77. The molecular formula is C20H17ClFN3O2. The van der Waals surface area contributed by atoms with Crippen LogP contribution in [0.5, 0.6) is 0 Å². The molecule has 2 atom stereocenters. The van der Waals surface area contributed by atoms with Gasteiger partial charge in [-0.3, -0.25) is 4.68 Å². The summed E-state index contributed by atoms with van der Waals surface area (Å²) in [7, 11) is 0. The van der Waals surface area contributed by atoms with E-state index < -0.39 is 23.7 Å². The minimum atomic E-state index is -1.01. The molecule has 0 saturated carbocycles. The molecule has 0 radical (unpaired) electrons. The Labute approximate surface area is 160 Å². The lowest BCUT2D eigenvalue weighted by Crippen LogP contribution is -2.17. The summed E-state index contributed by atoms with van der Waals surface area (Å²) in [5.74, 6) is -1.98. The highest BCUT2D eigenvalue weighted by Crippen LogP contribution is 2.36. The maximum absolute atomic E-state index is 14.6. The number of halogens is 2. The lowest BCUT2D eigenvalue weighted by molar-refractivity contribution is -0.140. The first-order valence-electron chi connectivity index (χ1n) is 8.46. The first-order valence-corrected chi connectivity index (χ1v) is 8.83. The van der Waals surface area contributed by atoms with Crippen molar-refractivity contribution in [1.82, 2.24) is 9.78 Å². The average molecular weight is 386 g/mol. The van der Waals surface area contributed by atoms with Crippen molar-refractivity contribution >= 4 is 28.5 Å². The molecule has 27 heavy (non-hydrogen) atoms. The van der Waals surface area contributed by atoms with Crippen molar-refractivity contribution in [1.29, 1.82) is 5.26 Å². The summed E-state index contributed by atoms with van der Waals surface area (Å²) in [5.41, 5.74) is 1.59. The van der Waals surface area contributed by atoms with E-state index in [2.05, 4.69) is 11.2 Å². The van der Waals surface area contributed by atoms with Crippen LogP contribution in [0.2, 0.25) is 5.02 Å². The third-order valence-electron chi connectivity index (χ3n) is 4.58. The monoisotopic (exact) mass is 385 g/mol. The highest BCUT2D eigenvalue weighted by atomic mass is 35.5. The smallest absolute Gasteiger partial charge is 0.328 e. The van der Waals surface area contributed by atoms with E-state index in [4.69, 9.17) is 16.9 Å². The fourth-order valence-electron chi connectivity index (χ4n) is 3.20. The van der Waals surface area contributed by atoms with Crippen LogP contribution in [-0.2, 0) is 4.79 Å². The van der Waals surface area contributed by atoms with Gasteiger partial charge in [0.25, 0.3) is 0 Å². The zero-order valence-electron chi connectivity index (χ0n) is 14.6. The fourth-order valence-corrected chi connectivity index (χ4v) is 3.36. The van der Waals surface area contributed by atoms with Gasteiger partial charge in [0, 0.05) is 22.7 Å². The summed E-state index contributed by atoms with van der Waals surface area (Å²) in [6.45, 7) is 1.54. The number of nitriles is 1. The highest BCUT2D eigenvalue weighted by molar-refractivity contribution is 6.30. The number of fused-ring (bicyclic) bond motifs is 1. The standard InChI is InChI=1S/C20H17ClFN3O2/c1-12(20(26)27)25-18-7-3-2-5-16(18)19(24-25)15(6-4-10-23)14-9-8-13(21)11-17(14)22/h2-3,5,7-9,11-12,15H,4,6H2,1H3,(H,26,27). The number of rotatable bonds is 6. The van der Waals surface area contributed by atoms with E-state index in [9.17, 15) is 14.3 Å². The average Bonchev–Trinajstić information content (AvgIpc) is 3.02. The van der Waals surface area contributed by atoms with Gasteiger partial charge in [-0.1, -0.05) is 35.9 Å². The Kier molecular flexibility index (Phi) is 5.43. The minimum absolute atomic E-state index is 0.211. The second-order valence-corrected chi connectivity index (χ2v) is 6.71. The third kappa shape index (κ3) is 3.64. The van der Waals surface area contributed by atoms with Gasteiger partial charge in [0.1, 0.15) is 11.9 Å². The summed E-state index contributed by atoms with van der Waals surface area (Å²) in [6, 6.07) is 12.9. The van der Waals surface area contributed by atoms with Crippen LogP contribution < -0.4 is 0 Å². The molecular weight excluding hydrogens is 369 g/mol. The Balaban J connectivity index is 2.22. The van der Waals surface area contributed by atoms with Crippen LogP contribution >= 0.6 is 11.6 Å². The van der Waals surface area contributed by atoms with Crippen LogP contribution in [0.25, 0.3) is 10.9 Å². The topological polar surface area (TPSA) is 78.9 Å². The molecule has 1 aromatic heterocycles. The van der Waals surface area contributed by atoms with Gasteiger partial charge < -0.3 is 5.11 Å². The molecule has 0 aliphatic carbocycles. The van der Waals surface area contributed by atoms with Crippen molar-refractivity contribution in [2.24, 2.45) is 0 Å². The molecule has 1 N–H and O–H groups in total. The number of aromatic nitrogens is 2. The van der Waals surface area contributed by atoms with Gasteiger partial charge in [0.2, 0.25) is 0 Å². The van der Waals surface area contributed by atoms with E-state index in [0.29, 0.717) is 23.2 Å². The number of benzene rings is 2. The van der Waals surface area contributed by atoms with E-state index in [1.807, 2.05) is 12.1 Å². The highest BCUT2D eigenvalue weighted by Gasteiger charge is 2.26. The second-order valence-electron chi connectivity index (χ2n) is 6.28. The van der Waals surface area contributed by atoms with Crippen molar-refractivity contribution in [3.63, 3.8) is 0 Å². The third-order valence-corrected chi connectivity index (χ3v) is 4.81. The number of carboxylic acids is 1. The fraction of sp³-hybridized carbons (Fsp3) is 0.250. The molecule has 0 bridgehead atoms. The van der Waals surface area contributed by atoms with E-state index >= 15 is 0 Å². The van der Waals surface area contributed by atoms with Gasteiger partial charge in [0.05, 0.1) is 17.3 Å². The number of nitrogens with zero attached hydrogens (tertiary/aromatic N) is 3. The van der Waals surface area contributed by atoms with Crippen LogP contribution in [0.3, 0.4) is 0 Å². The van der Waals surface area contributed by atoms with E-state index in [0.717, 1.165) is 5.39 Å². The van der Waals surface area contributed by atoms with Crippen LogP contribution in [0.15, 0.2) is 42.5 Å². The van der Waals surface area contributed by atoms with Crippen LogP contribution in [0, 0.1) is 17.1 Å². The van der Waals surface area contributed by atoms with Crippen LogP contribution in [0.1, 0.15) is 43.0 Å². The molecule has 0 fully saturated rings. The van der Waals surface area contributed by atoms with Crippen molar-refractivity contribution in [2.45, 2.75) is 31.7 Å². The molecule has 2 unspecified atom stereocenters. The number of aliphatic carboxylic acids is 1. The molecule has 5 nitrogen and oxygen atoms in total. The quantitative estimate of drug-likeness (QED) is 0.653. The first kappa shape index (κ1) is 18.9. The number of hydrogen-bond acceptors (Lipinski definition) is 3. The molecule has 2 aromatic carbocycles. The summed E-state index contributed by atoms with van der Waals surface area (Å²) in [6.07, 6.45) is 0.569. The van der Waals surface area contributed by atoms with Gasteiger partial charge in [-0.25, -0.2) is 9.18 Å². The normalized spacial score (nSPS) is 13.3. The van der Waals surface area contributed by atoms with Gasteiger partial charge in [-0.05, 0) is 37.1 Å². The Morgan fingerprint density at radius 3 is 2.78 bits per heavy atom. The molecule has 1 heterocycles. The van der Waals surface area contributed by atoms with E-state index in [-0.39, 0.29) is 11.4 Å². The molecule has 0 saturated heterocycles. The van der Waals surface area contributed by atoms with Crippen molar-refractivity contribution in [3.05, 3.63) is 64.6 Å². The molecule has 0 aliphatic heterocycles. The number of carboxylic acid groups (broad SMARTS) is 1. The predicted octanol–water partition coefficient (Wildman–Crippen LogP) is 4.91. The van der Waals surface area contributed by atoms with Crippen LogP contribution in [-0.4, -0.2) is 20.9 Å². The molecule has 3 aromatic rings. The van der Waals surface area contributed by atoms with Crippen molar-refractivity contribution in [3.8, 4) is 6.07 Å². The van der Waals surface area contributed by atoms with Crippen molar-refractivity contribution < 1.29 is 14.3 Å². The first-order chi connectivity index (χ1) is 12.9. The molecule has 7 heteroatoms. The summed E-state index contributed by atoms with van der Waals surface area (Å²) >= 11 is 5.87. The Morgan fingerprint density at radius 1 is 1.37 bits per heavy atom. The molecule has 3 rings (SSSR count). The minimum Gasteiger partial charge on any atom is -0.480 e. The van der Waals surface area contributed by atoms with Gasteiger partial charge in [-0.15, -0.1) is 0 Å². The maximum Gasteiger partial charge on any atom is 0.328 e. The van der Waals surface area contributed by atoms with Gasteiger partial charge in [0.15, 0.2) is 0 Å². The summed E-state index contributed by atoms with van der Waals surface area (Å²) in [4.78, 5) is 11.5. The van der Waals surface area contributed by atoms with E-state index in [1.54, 1.807) is 31.2 Å².